The van der Waals surface area contributed by atoms with Gasteiger partial charge < -0.3 is 50.0 Å². The Balaban J connectivity index is 2.05. The maximum absolute atomic E-state index is 12.9. The lowest BCUT2D eigenvalue weighted by Gasteiger charge is -2.40. The van der Waals surface area contributed by atoms with E-state index in [1.165, 1.54) is 0 Å². The van der Waals surface area contributed by atoms with Gasteiger partial charge in [0.05, 0.1) is 17.6 Å². The van der Waals surface area contributed by atoms with Crippen LogP contribution in [0.15, 0.2) is 27.4 Å². The van der Waals surface area contributed by atoms with E-state index in [-0.39, 0.29) is 16.5 Å². The van der Waals surface area contributed by atoms with Crippen LogP contribution < -0.4 is 5.43 Å². The van der Waals surface area contributed by atoms with Gasteiger partial charge in [0.1, 0.15) is 53.0 Å². The standard InChI is InChI=1S/C19H18O11/c20-4-11-15(26)16(27)17(28)19(30-11)13-9(24)2-8(23)12-14(25)5-1-6(21)7(22)3-10(5)29-18(12)13/h1-3,11,15-17,19-24,26-28H,4H2/t11-,15-,16-,17-,19-/m1/s1. The summed E-state index contributed by atoms with van der Waals surface area (Å²) in [6, 6.07) is 2.70. The van der Waals surface area contributed by atoms with Crippen molar-refractivity contribution in [1.29, 1.82) is 0 Å². The van der Waals surface area contributed by atoms with Gasteiger partial charge in [-0.05, 0) is 6.07 Å². The van der Waals surface area contributed by atoms with Crippen LogP contribution in [0.4, 0.5) is 0 Å². The fourth-order valence-electron chi connectivity index (χ4n) is 3.65. The number of benzene rings is 2. The summed E-state index contributed by atoms with van der Waals surface area (Å²) in [5.74, 6) is -2.51. The number of fused-ring (bicyclic) bond motifs is 2. The minimum atomic E-state index is -1.80. The second-order valence-corrected chi connectivity index (χ2v) is 7.05. The number of hydrogen-bond acceptors (Lipinski definition) is 11. The quantitative estimate of drug-likeness (QED) is 0.191. The minimum Gasteiger partial charge on any atom is -0.507 e. The molecule has 8 N–H and O–H groups in total. The second kappa shape index (κ2) is 7.00. The van der Waals surface area contributed by atoms with Crippen molar-refractivity contribution in [2.45, 2.75) is 30.5 Å². The molecule has 4 rings (SSSR count). The molecule has 0 amide bonds. The lowest BCUT2D eigenvalue weighted by molar-refractivity contribution is -0.231. The summed E-state index contributed by atoms with van der Waals surface area (Å²) in [4.78, 5) is 12.9. The Hall–Kier alpha value is -3.09. The molecule has 11 heteroatoms. The van der Waals surface area contributed by atoms with Crippen molar-refractivity contribution in [2.24, 2.45) is 0 Å². The fourth-order valence-corrected chi connectivity index (χ4v) is 3.65. The van der Waals surface area contributed by atoms with Crippen LogP contribution in [0.1, 0.15) is 11.7 Å². The smallest absolute Gasteiger partial charge is 0.204 e. The van der Waals surface area contributed by atoms with E-state index >= 15 is 0 Å². The Morgan fingerprint density at radius 2 is 1.50 bits per heavy atom. The summed E-state index contributed by atoms with van der Waals surface area (Å²) < 4.78 is 11.0. The van der Waals surface area contributed by atoms with Gasteiger partial charge in [-0.2, -0.15) is 0 Å². The molecule has 0 unspecified atom stereocenters. The predicted molar refractivity (Wildman–Crippen MR) is 99.4 cm³/mol. The zero-order valence-electron chi connectivity index (χ0n) is 15.1. The van der Waals surface area contributed by atoms with E-state index in [9.17, 15) is 45.6 Å². The number of aliphatic hydroxyl groups excluding tert-OH is 4. The minimum absolute atomic E-state index is 0.182. The molecule has 0 spiro atoms. The molecule has 160 valence electrons. The SMILES string of the molecule is O=c1c2cc(O)c(O)cc2oc2c([C@H]3O[C@H](CO)[C@@H](O)[C@@H](O)[C@H]3O)c(O)cc(O)c12. The third-order valence-electron chi connectivity index (χ3n) is 5.21. The molecule has 30 heavy (non-hydrogen) atoms. The average molecular weight is 422 g/mol. The highest BCUT2D eigenvalue weighted by atomic mass is 16.5. The summed E-state index contributed by atoms with van der Waals surface area (Å²) in [6.45, 7) is -0.724. The van der Waals surface area contributed by atoms with Gasteiger partial charge in [-0.25, -0.2) is 0 Å². The summed E-state index contributed by atoms with van der Waals surface area (Å²) in [5.41, 5.74) is -1.77. The Kier molecular flexibility index (Phi) is 4.71. The highest BCUT2D eigenvalue weighted by Crippen LogP contribution is 2.44. The molecule has 0 aliphatic carbocycles. The summed E-state index contributed by atoms with van der Waals surface area (Å²) in [7, 11) is 0. The molecule has 11 nitrogen and oxygen atoms in total. The third kappa shape index (κ3) is 2.83. The largest absolute Gasteiger partial charge is 0.507 e. The van der Waals surface area contributed by atoms with Gasteiger partial charge in [0.15, 0.2) is 17.1 Å². The van der Waals surface area contributed by atoms with E-state index in [1.54, 1.807) is 0 Å². The predicted octanol–water partition coefficient (Wildman–Crippen LogP) is -0.717. The van der Waals surface area contributed by atoms with Crippen LogP contribution in [0.25, 0.3) is 21.9 Å². The Morgan fingerprint density at radius 1 is 0.833 bits per heavy atom. The molecule has 1 fully saturated rings. The van der Waals surface area contributed by atoms with E-state index < -0.39 is 76.5 Å². The first-order valence-corrected chi connectivity index (χ1v) is 8.83. The lowest BCUT2D eigenvalue weighted by atomic mass is 9.89. The van der Waals surface area contributed by atoms with Crippen LogP contribution >= 0.6 is 0 Å². The summed E-state index contributed by atoms with van der Waals surface area (Å²) >= 11 is 0. The van der Waals surface area contributed by atoms with E-state index in [2.05, 4.69) is 0 Å². The molecule has 0 radical (unpaired) electrons. The normalized spacial score (nSPS) is 27.0. The van der Waals surface area contributed by atoms with Gasteiger partial charge >= 0.3 is 0 Å². The molecule has 3 aromatic rings. The van der Waals surface area contributed by atoms with E-state index in [4.69, 9.17) is 9.15 Å². The average Bonchev–Trinajstić information content (AvgIpc) is 2.69. The Morgan fingerprint density at radius 3 is 2.17 bits per heavy atom. The van der Waals surface area contributed by atoms with Crippen molar-refractivity contribution in [3.05, 3.63) is 34.0 Å². The van der Waals surface area contributed by atoms with Gasteiger partial charge in [-0.15, -0.1) is 0 Å². The molecule has 1 saturated heterocycles. The first kappa shape index (κ1) is 20.2. The molecular formula is C19H18O11. The van der Waals surface area contributed by atoms with Crippen LogP contribution in [0.3, 0.4) is 0 Å². The highest BCUT2D eigenvalue weighted by molar-refractivity contribution is 5.96. The van der Waals surface area contributed by atoms with Gasteiger partial charge in [0.2, 0.25) is 5.43 Å². The van der Waals surface area contributed by atoms with Crippen LogP contribution in [0.5, 0.6) is 23.0 Å². The fraction of sp³-hybridized carbons (Fsp3) is 0.316. The molecule has 1 aliphatic rings. The number of hydrogen-bond donors (Lipinski definition) is 8. The topological polar surface area (TPSA) is 201 Å². The number of phenols is 4. The van der Waals surface area contributed by atoms with Gasteiger partial charge in [0.25, 0.3) is 0 Å². The third-order valence-corrected chi connectivity index (χ3v) is 5.21. The first-order chi connectivity index (χ1) is 14.1. The molecule has 1 aromatic heterocycles. The van der Waals surface area contributed by atoms with Crippen molar-refractivity contribution in [1.82, 2.24) is 0 Å². The number of aliphatic hydroxyl groups is 4. The Bertz CT molecular complexity index is 1200. The molecule has 2 aromatic carbocycles. The monoisotopic (exact) mass is 422 g/mol. The van der Waals surface area contributed by atoms with Crippen LogP contribution in [0, 0.1) is 0 Å². The number of ether oxygens (including phenoxy) is 1. The van der Waals surface area contributed by atoms with Crippen LogP contribution in [-0.4, -0.2) is 71.9 Å². The molecule has 0 saturated carbocycles. The van der Waals surface area contributed by atoms with Gasteiger partial charge in [0, 0.05) is 12.1 Å². The van der Waals surface area contributed by atoms with Gasteiger partial charge in [-0.3, -0.25) is 4.79 Å². The maximum atomic E-state index is 12.9. The molecule has 2 heterocycles. The second-order valence-electron chi connectivity index (χ2n) is 7.05. The molecular weight excluding hydrogens is 404 g/mol. The number of aromatic hydroxyl groups is 4. The van der Waals surface area contributed by atoms with E-state index in [1.807, 2.05) is 0 Å². The van der Waals surface area contributed by atoms with Crippen LogP contribution in [-0.2, 0) is 4.74 Å². The van der Waals surface area contributed by atoms with E-state index in [0.29, 0.717) is 0 Å². The summed E-state index contributed by atoms with van der Waals surface area (Å²) in [5, 5.41) is 79.3. The maximum Gasteiger partial charge on any atom is 0.204 e. The van der Waals surface area contributed by atoms with E-state index in [0.717, 1.165) is 18.2 Å². The van der Waals surface area contributed by atoms with Crippen molar-refractivity contribution in [2.75, 3.05) is 6.61 Å². The zero-order chi connectivity index (χ0) is 21.9. The lowest BCUT2D eigenvalue weighted by Crippen LogP contribution is -2.55. The number of rotatable bonds is 2. The van der Waals surface area contributed by atoms with Gasteiger partial charge in [-0.1, -0.05) is 0 Å². The molecule has 1 aliphatic heterocycles. The zero-order valence-corrected chi connectivity index (χ0v) is 15.1. The van der Waals surface area contributed by atoms with Crippen LogP contribution in [0.2, 0.25) is 0 Å². The van der Waals surface area contributed by atoms with Crippen molar-refractivity contribution >= 4 is 21.9 Å². The Labute approximate surface area is 166 Å². The summed E-state index contributed by atoms with van der Waals surface area (Å²) in [6.07, 6.45) is -8.08. The number of phenolic OH excluding ortho intramolecular Hbond substituents is 4. The van der Waals surface area contributed by atoms with Crippen molar-refractivity contribution in [3.63, 3.8) is 0 Å². The first-order valence-electron chi connectivity index (χ1n) is 8.83. The van der Waals surface area contributed by atoms with Crippen molar-refractivity contribution < 1.29 is 50.0 Å². The van der Waals surface area contributed by atoms with Crippen molar-refractivity contribution in [3.8, 4) is 23.0 Å². The highest BCUT2D eigenvalue weighted by Gasteiger charge is 2.46. The molecule has 0 bridgehead atoms. The molecule has 5 atom stereocenters.